The zero-order valence-corrected chi connectivity index (χ0v) is 22.5. The van der Waals surface area contributed by atoms with Crippen molar-refractivity contribution in [2.45, 2.75) is 54.4 Å². The summed E-state index contributed by atoms with van der Waals surface area (Å²) < 4.78 is 0. The number of aryl methyl sites for hydroxylation is 1. The van der Waals surface area contributed by atoms with Crippen molar-refractivity contribution in [2.24, 2.45) is 10.8 Å². The molecule has 5 amide bonds. The van der Waals surface area contributed by atoms with Crippen LogP contribution in [-0.2, 0) is 25.6 Å². The number of carbonyl (C=O) groups is 5. The van der Waals surface area contributed by atoms with Crippen molar-refractivity contribution in [3.8, 4) is 0 Å². The smallest absolute Gasteiger partial charge is 0.321 e. The number of amides is 5. The second-order valence-corrected chi connectivity index (χ2v) is 9.59. The van der Waals surface area contributed by atoms with Gasteiger partial charge in [0.05, 0.1) is 0 Å². The molecule has 0 aromatic heterocycles. The Morgan fingerprint density at radius 3 is 1.72 bits per heavy atom. The van der Waals surface area contributed by atoms with Gasteiger partial charge in [0, 0.05) is 45.3 Å². The minimum Gasteiger partial charge on any atom is -0.358 e. The molecule has 0 saturated heterocycles. The van der Waals surface area contributed by atoms with Crippen LogP contribution in [0.25, 0.3) is 0 Å². The zero-order valence-electron chi connectivity index (χ0n) is 22.5. The summed E-state index contributed by atoms with van der Waals surface area (Å²) in [7, 11) is 1.46. The lowest BCUT2D eigenvalue weighted by Gasteiger charge is -2.26. The molecule has 0 radical (unpaired) electrons. The van der Waals surface area contributed by atoms with Gasteiger partial charge in [-0.25, -0.2) is 4.79 Å². The SMILES string of the molecule is CCC(=O)C(C)(C)C(=O)NCCN(CCNC(=O)C(C)(C)C(=O)NC)C(=O)Nc1ccc(CC)cc1. The van der Waals surface area contributed by atoms with Gasteiger partial charge in [-0.2, -0.15) is 0 Å². The number of Topliss-reactive ketones (excluding diaryl/α,β-unsaturated/α-hetero) is 1. The number of ketones is 1. The first-order valence-electron chi connectivity index (χ1n) is 12.3. The fourth-order valence-corrected chi connectivity index (χ4v) is 3.38. The van der Waals surface area contributed by atoms with Crippen LogP contribution in [0.2, 0.25) is 0 Å². The van der Waals surface area contributed by atoms with Crippen molar-refractivity contribution in [1.82, 2.24) is 20.9 Å². The second kappa shape index (κ2) is 13.6. The van der Waals surface area contributed by atoms with E-state index in [4.69, 9.17) is 0 Å². The number of benzene rings is 1. The fourth-order valence-electron chi connectivity index (χ4n) is 3.38. The molecular weight excluding hydrogens is 462 g/mol. The minimum atomic E-state index is -1.27. The van der Waals surface area contributed by atoms with Crippen molar-refractivity contribution in [2.75, 3.05) is 38.5 Å². The van der Waals surface area contributed by atoms with Crippen LogP contribution in [0.1, 0.15) is 53.5 Å². The summed E-state index contributed by atoms with van der Waals surface area (Å²) in [6.07, 6.45) is 1.13. The normalized spacial score (nSPS) is 11.3. The van der Waals surface area contributed by atoms with Gasteiger partial charge in [-0.05, 0) is 51.8 Å². The molecule has 36 heavy (non-hydrogen) atoms. The zero-order chi connectivity index (χ0) is 27.5. The number of nitrogens with zero attached hydrogens (tertiary/aromatic N) is 1. The Labute approximate surface area is 213 Å². The molecule has 1 aromatic rings. The highest BCUT2D eigenvalue weighted by molar-refractivity contribution is 6.05. The van der Waals surface area contributed by atoms with Crippen LogP contribution < -0.4 is 21.3 Å². The summed E-state index contributed by atoms with van der Waals surface area (Å²) in [6.45, 7) is 10.4. The van der Waals surface area contributed by atoms with Crippen molar-refractivity contribution in [3.05, 3.63) is 29.8 Å². The first-order chi connectivity index (χ1) is 16.8. The molecule has 0 atom stereocenters. The van der Waals surface area contributed by atoms with E-state index in [-0.39, 0.29) is 38.4 Å². The average Bonchev–Trinajstić information content (AvgIpc) is 2.86. The van der Waals surface area contributed by atoms with Crippen molar-refractivity contribution in [3.63, 3.8) is 0 Å². The van der Waals surface area contributed by atoms with E-state index in [0.29, 0.717) is 5.69 Å². The molecule has 0 bridgehead atoms. The van der Waals surface area contributed by atoms with Gasteiger partial charge in [0.15, 0.2) is 0 Å². The van der Waals surface area contributed by atoms with Crippen molar-refractivity contribution >= 4 is 35.2 Å². The minimum absolute atomic E-state index is 0.106. The van der Waals surface area contributed by atoms with E-state index >= 15 is 0 Å². The quantitative estimate of drug-likeness (QED) is 0.306. The Hall–Kier alpha value is -3.43. The maximum Gasteiger partial charge on any atom is 0.321 e. The molecule has 0 spiro atoms. The molecule has 0 unspecified atom stereocenters. The van der Waals surface area contributed by atoms with Crippen LogP contribution in [0.3, 0.4) is 0 Å². The molecule has 10 nitrogen and oxygen atoms in total. The van der Waals surface area contributed by atoms with Crippen LogP contribution in [0, 0.1) is 10.8 Å². The van der Waals surface area contributed by atoms with E-state index in [1.807, 2.05) is 31.2 Å². The number of hydrogen-bond acceptors (Lipinski definition) is 5. The molecule has 0 fully saturated rings. The number of nitrogens with one attached hydrogen (secondary N) is 4. The Kier molecular flexibility index (Phi) is 11.6. The van der Waals surface area contributed by atoms with E-state index < -0.39 is 34.6 Å². The molecule has 0 aliphatic rings. The monoisotopic (exact) mass is 503 g/mol. The Bertz CT molecular complexity index is 895. The highest BCUT2D eigenvalue weighted by Crippen LogP contribution is 2.18. The molecule has 1 rings (SSSR count). The summed E-state index contributed by atoms with van der Waals surface area (Å²) in [5, 5.41) is 10.7. The lowest BCUT2D eigenvalue weighted by molar-refractivity contribution is -0.141. The summed E-state index contributed by atoms with van der Waals surface area (Å²) in [5.74, 6) is -1.47. The third-order valence-corrected chi connectivity index (χ3v) is 6.18. The molecule has 200 valence electrons. The summed E-state index contributed by atoms with van der Waals surface area (Å²) in [5.41, 5.74) is -0.680. The van der Waals surface area contributed by atoms with E-state index in [2.05, 4.69) is 21.3 Å². The van der Waals surface area contributed by atoms with Gasteiger partial charge < -0.3 is 26.2 Å². The topological polar surface area (TPSA) is 137 Å². The predicted octanol–water partition coefficient (Wildman–Crippen LogP) is 2.09. The van der Waals surface area contributed by atoms with Crippen LogP contribution >= 0.6 is 0 Å². The van der Waals surface area contributed by atoms with Gasteiger partial charge >= 0.3 is 6.03 Å². The first kappa shape index (κ1) is 30.6. The Morgan fingerprint density at radius 2 is 1.28 bits per heavy atom. The highest BCUT2D eigenvalue weighted by atomic mass is 16.2. The molecule has 0 saturated carbocycles. The molecule has 1 aromatic carbocycles. The van der Waals surface area contributed by atoms with Gasteiger partial charge in [-0.3, -0.25) is 19.2 Å². The molecular formula is C26H41N5O5. The Morgan fingerprint density at radius 1 is 0.778 bits per heavy atom. The number of anilines is 1. The summed E-state index contributed by atoms with van der Waals surface area (Å²) >= 11 is 0. The van der Waals surface area contributed by atoms with Gasteiger partial charge in [0.25, 0.3) is 0 Å². The molecule has 4 N–H and O–H groups in total. The number of urea groups is 1. The van der Waals surface area contributed by atoms with Crippen LogP contribution in [-0.4, -0.2) is 67.7 Å². The highest BCUT2D eigenvalue weighted by Gasteiger charge is 2.35. The third kappa shape index (κ3) is 8.35. The van der Waals surface area contributed by atoms with Crippen LogP contribution in [0.5, 0.6) is 0 Å². The summed E-state index contributed by atoms with van der Waals surface area (Å²) in [6, 6.07) is 7.06. The van der Waals surface area contributed by atoms with E-state index in [0.717, 1.165) is 12.0 Å². The maximum absolute atomic E-state index is 13.0. The van der Waals surface area contributed by atoms with Gasteiger partial charge in [-0.15, -0.1) is 0 Å². The Balaban J connectivity index is 2.85. The second-order valence-electron chi connectivity index (χ2n) is 9.59. The fraction of sp³-hybridized carbons (Fsp3) is 0.577. The first-order valence-corrected chi connectivity index (χ1v) is 12.3. The van der Waals surface area contributed by atoms with Crippen LogP contribution in [0.15, 0.2) is 24.3 Å². The molecule has 0 heterocycles. The van der Waals surface area contributed by atoms with Crippen molar-refractivity contribution < 1.29 is 24.0 Å². The van der Waals surface area contributed by atoms with E-state index in [1.165, 1.54) is 25.8 Å². The van der Waals surface area contributed by atoms with Gasteiger partial charge in [0.1, 0.15) is 16.6 Å². The molecule has 10 heteroatoms. The van der Waals surface area contributed by atoms with E-state index in [1.54, 1.807) is 20.8 Å². The predicted molar refractivity (Wildman–Crippen MR) is 139 cm³/mol. The molecule has 0 aliphatic heterocycles. The largest absolute Gasteiger partial charge is 0.358 e. The summed E-state index contributed by atoms with van der Waals surface area (Å²) in [4.78, 5) is 63.5. The average molecular weight is 504 g/mol. The number of rotatable bonds is 13. The van der Waals surface area contributed by atoms with E-state index in [9.17, 15) is 24.0 Å². The number of carbonyl (C=O) groups excluding carboxylic acids is 5. The number of hydrogen-bond donors (Lipinski definition) is 4. The van der Waals surface area contributed by atoms with Gasteiger partial charge in [-0.1, -0.05) is 26.0 Å². The van der Waals surface area contributed by atoms with Crippen LogP contribution in [0.4, 0.5) is 10.5 Å². The standard InChI is InChI=1S/C26H41N5O5/c1-8-18-10-12-19(13-11-18)30-24(36)31(16-14-28-22(34)25(3,4)20(32)9-2)17-15-29-23(35)26(5,6)21(33)27-7/h10-13H,8-9,14-17H2,1-7H3,(H,27,33)(H,28,34)(H,29,35)(H,30,36). The lowest BCUT2D eigenvalue weighted by Crippen LogP contribution is -2.50. The molecule has 0 aliphatic carbocycles. The maximum atomic E-state index is 13.0. The third-order valence-electron chi connectivity index (χ3n) is 6.18. The van der Waals surface area contributed by atoms with Crippen molar-refractivity contribution in [1.29, 1.82) is 0 Å². The van der Waals surface area contributed by atoms with Gasteiger partial charge in [0.2, 0.25) is 17.7 Å². The lowest BCUT2D eigenvalue weighted by atomic mass is 9.85.